The number of aryl methyl sites for hydroxylation is 1. The van der Waals surface area contributed by atoms with E-state index in [9.17, 15) is 0 Å². The van der Waals surface area contributed by atoms with Crippen LogP contribution in [0.4, 0.5) is 0 Å². The van der Waals surface area contributed by atoms with E-state index < -0.39 is 0 Å². The summed E-state index contributed by atoms with van der Waals surface area (Å²) in [7, 11) is 0. The van der Waals surface area contributed by atoms with Crippen LogP contribution in [0.15, 0.2) is 29.2 Å². The first-order valence-electron chi connectivity index (χ1n) is 7.30. The summed E-state index contributed by atoms with van der Waals surface area (Å²) in [6, 6.07) is 4.34. The molecular formula is C16H21N3S. The van der Waals surface area contributed by atoms with Crippen molar-refractivity contribution in [2.45, 2.75) is 32.7 Å². The summed E-state index contributed by atoms with van der Waals surface area (Å²) in [5.74, 6) is 0.756. The molecule has 1 atom stereocenters. The fraction of sp³-hybridized carbons (Fsp3) is 0.500. The van der Waals surface area contributed by atoms with Gasteiger partial charge in [-0.3, -0.25) is 9.88 Å². The first-order valence-corrected chi connectivity index (χ1v) is 8.25. The predicted octanol–water partition coefficient (Wildman–Crippen LogP) is 3.30. The van der Waals surface area contributed by atoms with Crippen molar-refractivity contribution in [3.8, 4) is 0 Å². The van der Waals surface area contributed by atoms with Crippen LogP contribution in [-0.2, 0) is 13.0 Å². The van der Waals surface area contributed by atoms with Crippen LogP contribution >= 0.6 is 11.3 Å². The molecule has 3 nitrogen and oxygen atoms in total. The lowest BCUT2D eigenvalue weighted by molar-refractivity contribution is 0.165. The lowest BCUT2D eigenvalue weighted by Gasteiger charge is -2.32. The third-order valence-electron chi connectivity index (χ3n) is 3.97. The van der Waals surface area contributed by atoms with Crippen molar-refractivity contribution in [3.05, 3.63) is 46.2 Å². The summed E-state index contributed by atoms with van der Waals surface area (Å²) in [5, 5.41) is 2.16. The summed E-state index contributed by atoms with van der Waals surface area (Å²) >= 11 is 1.69. The maximum atomic E-state index is 4.40. The molecule has 20 heavy (non-hydrogen) atoms. The number of piperidine rings is 1. The van der Waals surface area contributed by atoms with Crippen LogP contribution in [-0.4, -0.2) is 28.0 Å². The van der Waals surface area contributed by atoms with Gasteiger partial charge in [-0.25, -0.2) is 4.98 Å². The van der Waals surface area contributed by atoms with Crippen molar-refractivity contribution in [1.29, 1.82) is 0 Å². The molecule has 1 unspecified atom stereocenters. The second kappa shape index (κ2) is 6.46. The molecule has 0 spiro atoms. The van der Waals surface area contributed by atoms with Crippen LogP contribution < -0.4 is 0 Å². The van der Waals surface area contributed by atoms with Gasteiger partial charge in [-0.2, -0.15) is 0 Å². The van der Waals surface area contributed by atoms with Gasteiger partial charge in [0.25, 0.3) is 0 Å². The molecule has 0 N–H and O–H groups in total. The van der Waals surface area contributed by atoms with Gasteiger partial charge in [0.15, 0.2) is 0 Å². The van der Waals surface area contributed by atoms with E-state index in [2.05, 4.69) is 32.4 Å². The molecule has 2 aromatic rings. The number of likely N-dealkylation sites (tertiary alicyclic amines) is 1. The van der Waals surface area contributed by atoms with Crippen molar-refractivity contribution < 1.29 is 0 Å². The summed E-state index contributed by atoms with van der Waals surface area (Å²) in [6.07, 6.45) is 5.82. The molecule has 0 saturated carbocycles. The zero-order chi connectivity index (χ0) is 13.8. The summed E-state index contributed by atoms with van der Waals surface area (Å²) < 4.78 is 0. The van der Waals surface area contributed by atoms with E-state index in [1.807, 2.05) is 18.6 Å². The van der Waals surface area contributed by atoms with Gasteiger partial charge < -0.3 is 0 Å². The number of hydrogen-bond donors (Lipinski definition) is 0. The van der Waals surface area contributed by atoms with Crippen LogP contribution in [0.1, 0.15) is 29.8 Å². The van der Waals surface area contributed by atoms with Crippen LogP contribution in [0.25, 0.3) is 0 Å². The first-order chi connectivity index (χ1) is 9.79. The number of aromatic nitrogens is 2. The number of hydrogen-bond acceptors (Lipinski definition) is 4. The molecule has 0 aliphatic carbocycles. The number of thiazole rings is 1. The highest BCUT2D eigenvalue weighted by Crippen LogP contribution is 2.22. The van der Waals surface area contributed by atoms with E-state index in [1.165, 1.54) is 37.2 Å². The molecule has 1 aliphatic rings. The molecule has 0 aromatic carbocycles. The standard InChI is InChI=1S/C16H21N3S/c1-13-4-5-14(8-17-13)7-15-3-2-6-19(9-15)10-16-11-20-12-18-16/h4-5,8,11-12,15H,2-3,6-7,9-10H2,1H3. The average Bonchev–Trinajstić information content (AvgIpc) is 2.95. The molecule has 4 heteroatoms. The smallest absolute Gasteiger partial charge is 0.0795 e. The van der Waals surface area contributed by atoms with Crippen molar-refractivity contribution in [2.75, 3.05) is 13.1 Å². The molecular weight excluding hydrogens is 266 g/mol. The van der Waals surface area contributed by atoms with Gasteiger partial charge in [0.05, 0.1) is 11.2 Å². The zero-order valence-corrected chi connectivity index (χ0v) is 12.8. The van der Waals surface area contributed by atoms with E-state index in [-0.39, 0.29) is 0 Å². The maximum absolute atomic E-state index is 4.40. The topological polar surface area (TPSA) is 29.0 Å². The Hall–Kier alpha value is -1.26. The minimum Gasteiger partial charge on any atom is -0.297 e. The minimum atomic E-state index is 0.756. The van der Waals surface area contributed by atoms with Crippen LogP contribution in [0.2, 0.25) is 0 Å². The lowest BCUT2D eigenvalue weighted by atomic mass is 9.92. The third kappa shape index (κ3) is 3.64. The van der Waals surface area contributed by atoms with Crippen LogP contribution in [0, 0.1) is 12.8 Å². The largest absolute Gasteiger partial charge is 0.297 e. The Morgan fingerprint density at radius 2 is 2.30 bits per heavy atom. The van der Waals surface area contributed by atoms with Gasteiger partial charge in [-0.15, -0.1) is 11.3 Å². The first kappa shape index (κ1) is 13.7. The normalized spacial score (nSPS) is 20.1. The average molecular weight is 287 g/mol. The Morgan fingerprint density at radius 1 is 1.35 bits per heavy atom. The van der Waals surface area contributed by atoms with Crippen LogP contribution in [0.5, 0.6) is 0 Å². The lowest BCUT2D eigenvalue weighted by Crippen LogP contribution is -2.35. The number of pyridine rings is 1. The van der Waals surface area contributed by atoms with Gasteiger partial charge in [-0.1, -0.05) is 6.07 Å². The Labute approximate surface area is 124 Å². The van der Waals surface area contributed by atoms with Crippen molar-refractivity contribution in [2.24, 2.45) is 5.92 Å². The van der Waals surface area contributed by atoms with Crippen molar-refractivity contribution in [3.63, 3.8) is 0 Å². The van der Waals surface area contributed by atoms with E-state index in [0.29, 0.717) is 0 Å². The van der Waals surface area contributed by atoms with E-state index in [4.69, 9.17) is 0 Å². The zero-order valence-electron chi connectivity index (χ0n) is 12.0. The summed E-state index contributed by atoms with van der Waals surface area (Å²) in [5.41, 5.74) is 5.61. The number of nitrogens with zero attached hydrogens (tertiary/aromatic N) is 3. The second-order valence-electron chi connectivity index (χ2n) is 5.74. The fourth-order valence-electron chi connectivity index (χ4n) is 2.96. The highest BCUT2D eigenvalue weighted by Gasteiger charge is 2.20. The van der Waals surface area contributed by atoms with Gasteiger partial charge in [-0.05, 0) is 50.3 Å². The Balaban J connectivity index is 1.56. The second-order valence-corrected chi connectivity index (χ2v) is 6.45. The van der Waals surface area contributed by atoms with Gasteiger partial charge in [0.1, 0.15) is 0 Å². The maximum Gasteiger partial charge on any atom is 0.0795 e. The highest BCUT2D eigenvalue weighted by atomic mass is 32.1. The molecule has 3 rings (SSSR count). The number of rotatable bonds is 4. The summed E-state index contributed by atoms with van der Waals surface area (Å²) in [6.45, 7) is 5.44. The van der Waals surface area contributed by atoms with E-state index in [0.717, 1.165) is 24.6 Å². The molecule has 0 radical (unpaired) electrons. The highest BCUT2D eigenvalue weighted by molar-refractivity contribution is 7.07. The SMILES string of the molecule is Cc1ccc(CC2CCCN(Cc3cscn3)C2)cn1. The van der Waals surface area contributed by atoms with Crippen molar-refractivity contribution >= 4 is 11.3 Å². The molecule has 2 aromatic heterocycles. The third-order valence-corrected chi connectivity index (χ3v) is 4.60. The Morgan fingerprint density at radius 3 is 3.05 bits per heavy atom. The monoisotopic (exact) mass is 287 g/mol. The molecule has 1 fully saturated rings. The van der Waals surface area contributed by atoms with Gasteiger partial charge in [0, 0.05) is 30.4 Å². The van der Waals surface area contributed by atoms with Gasteiger partial charge >= 0.3 is 0 Å². The molecule has 3 heterocycles. The van der Waals surface area contributed by atoms with Crippen LogP contribution in [0.3, 0.4) is 0 Å². The van der Waals surface area contributed by atoms with Crippen molar-refractivity contribution in [1.82, 2.24) is 14.9 Å². The predicted molar refractivity (Wildman–Crippen MR) is 82.8 cm³/mol. The fourth-order valence-corrected chi connectivity index (χ4v) is 3.51. The Kier molecular flexibility index (Phi) is 4.43. The molecule has 106 valence electrons. The molecule has 1 saturated heterocycles. The van der Waals surface area contributed by atoms with Gasteiger partial charge in [0.2, 0.25) is 0 Å². The summed E-state index contributed by atoms with van der Waals surface area (Å²) in [4.78, 5) is 11.3. The van der Waals surface area contributed by atoms with E-state index >= 15 is 0 Å². The molecule has 0 bridgehead atoms. The molecule has 0 amide bonds. The minimum absolute atomic E-state index is 0.756. The quantitative estimate of drug-likeness (QED) is 0.864. The molecule has 1 aliphatic heterocycles. The Bertz CT molecular complexity index is 521. The van der Waals surface area contributed by atoms with E-state index in [1.54, 1.807) is 11.3 Å².